The number of carboxylic acid groups (broad SMARTS) is 1. The molecule has 0 radical (unpaired) electrons. The lowest BCUT2D eigenvalue weighted by Crippen LogP contribution is -2.22. The van der Waals surface area contributed by atoms with Gasteiger partial charge >= 0.3 is 5.97 Å². The van der Waals surface area contributed by atoms with Crippen LogP contribution in [0.2, 0.25) is 0 Å². The van der Waals surface area contributed by atoms with Crippen LogP contribution in [-0.2, 0) is 4.79 Å². The summed E-state index contributed by atoms with van der Waals surface area (Å²) in [6, 6.07) is 7.10. The van der Waals surface area contributed by atoms with Crippen molar-refractivity contribution in [1.29, 1.82) is 0 Å². The van der Waals surface area contributed by atoms with Crippen LogP contribution in [0, 0.1) is 11.8 Å². The van der Waals surface area contributed by atoms with E-state index in [1.807, 2.05) is 12.1 Å². The Hall–Kier alpha value is -1.84. The van der Waals surface area contributed by atoms with Crippen molar-refractivity contribution in [3.8, 4) is 5.75 Å². The molecular formula is C15H19NO3. The molecule has 1 aliphatic carbocycles. The lowest BCUT2D eigenvalue weighted by Gasteiger charge is -2.24. The molecule has 2 N–H and O–H groups in total. The van der Waals surface area contributed by atoms with E-state index in [2.05, 4.69) is 4.99 Å². The number of carboxylic acids is 1. The summed E-state index contributed by atoms with van der Waals surface area (Å²) in [5, 5.41) is 18.5. The SMILES string of the molecule is O=C(O)[C@H]1CC[C@H](CN=Cc2ccccc2O)CC1. The average molecular weight is 261 g/mol. The van der Waals surface area contributed by atoms with Crippen molar-refractivity contribution in [2.45, 2.75) is 25.7 Å². The monoisotopic (exact) mass is 261 g/mol. The fraction of sp³-hybridized carbons (Fsp3) is 0.467. The van der Waals surface area contributed by atoms with E-state index in [1.165, 1.54) is 0 Å². The molecule has 1 fully saturated rings. The number of phenols is 1. The summed E-state index contributed by atoms with van der Waals surface area (Å²) >= 11 is 0. The highest BCUT2D eigenvalue weighted by Crippen LogP contribution is 2.29. The molecule has 19 heavy (non-hydrogen) atoms. The van der Waals surface area contributed by atoms with Gasteiger partial charge in [-0.05, 0) is 43.7 Å². The fourth-order valence-electron chi connectivity index (χ4n) is 2.49. The highest BCUT2D eigenvalue weighted by Gasteiger charge is 2.25. The van der Waals surface area contributed by atoms with Gasteiger partial charge in [-0.2, -0.15) is 0 Å². The van der Waals surface area contributed by atoms with Gasteiger partial charge in [0, 0.05) is 18.3 Å². The van der Waals surface area contributed by atoms with Gasteiger partial charge in [-0.3, -0.25) is 9.79 Å². The number of hydrogen-bond acceptors (Lipinski definition) is 3. The molecule has 102 valence electrons. The predicted octanol–water partition coefficient (Wildman–Crippen LogP) is 2.70. The van der Waals surface area contributed by atoms with Gasteiger partial charge in [0.05, 0.1) is 5.92 Å². The minimum absolute atomic E-state index is 0.168. The molecule has 1 saturated carbocycles. The highest BCUT2D eigenvalue weighted by atomic mass is 16.4. The maximum absolute atomic E-state index is 10.8. The van der Waals surface area contributed by atoms with Crippen LogP contribution in [0.3, 0.4) is 0 Å². The molecule has 1 aromatic rings. The van der Waals surface area contributed by atoms with Crippen LogP contribution in [0.25, 0.3) is 0 Å². The Morgan fingerprint density at radius 1 is 1.26 bits per heavy atom. The van der Waals surface area contributed by atoms with E-state index in [1.54, 1.807) is 18.3 Å². The number of hydrogen-bond donors (Lipinski definition) is 2. The van der Waals surface area contributed by atoms with E-state index in [4.69, 9.17) is 5.11 Å². The molecule has 4 nitrogen and oxygen atoms in total. The fourth-order valence-corrected chi connectivity index (χ4v) is 2.49. The zero-order valence-electron chi connectivity index (χ0n) is 10.8. The number of aromatic hydroxyl groups is 1. The molecule has 0 bridgehead atoms. The Labute approximate surface area is 112 Å². The number of para-hydroxylation sites is 1. The van der Waals surface area contributed by atoms with E-state index in [9.17, 15) is 9.90 Å². The van der Waals surface area contributed by atoms with Gasteiger partial charge in [0.1, 0.15) is 5.75 Å². The van der Waals surface area contributed by atoms with Crippen molar-refractivity contribution < 1.29 is 15.0 Å². The largest absolute Gasteiger partial charge is 0.507 e. The smallest absolute Gasteiger partial charge is 0.306 e. The molecule has 0 amide bonds. The molecule has 0 aliphatic heterocycles. The summed E-state index contributed by atoms with van der Waals surface area (Å²) in [6.07, 6.45) is 5.06. The molecule has 0 atom stereocenters. The first-order valence-electron chi connectivity index (χ1n) is 6.67. The van der Waals surface area contributed by atoms with Gasteiger partial charge in [-0.25, -0.2) is 0 Å². The number of aliphatic carboxylic acids is 1. The van der Waals surface area contributed by atoms with E-state index in [0.29, 0.717) is 12.5 Å². The zero-order valence-corrected chi connectivity index (χ0v) is 10.8. The number of nitrogens with zero attached hydrogens (tertiary/aromatic N) is 1. The first-order chi connectivity index (χ1) is 9.16. The van der Waals surface area contributed by atoms with Crippen molar-refractivity contribution in [3.63, 3.8) is 0 Å². The van der Waals surface area contributed by atoms with Crippen LogP contribution in [0.4, 0.5) is 0 Å². The normalized spacial score (nSPS) is 23.6. The van der Waals surface area contributed by atoms with Crippen LogP contribution in [0.15, 0.2) is 29.3 Å². The standard InChI is InChI=1S/C15H19NO3/c17-14-4-2-1-3-13(14)10-16-9-11-5-7-12(8-6-11)15(18)19/h1-4,10-12,17H,5-9H2,(H,18,19)/t11-,12-. The topological polar surface area (TPSA) is 69.9 Å². The van der Waals surface area contributed by atoms with Crippen molar-refractivity contribution in [3.05, 3.63) is 29.8 Å². The third-order valence-electron chi connectivity index (χ3n) is 3.73. The van der Waals surface area contributed by atoms with Crippen molar-refractivity contribution in [2.75, 3.05) is 6.54 Å². The minimum Gasteiger partial charge on any atom is -0.507 e. The van der Waals surface area contributed by atoms with Gasteiger partial charge in [0.2, 0.25) is 0 Å². The second-order valence-electron chi connectivity index (χ2n) is 5.11. The average Bonchev–Trinajstić information content (AvgIpc) is 2.41. The van der Waals surface area contributed by atoms with Crippen LogP contribution in [-0.4, -0.2) is 28.9 Å². The van der Waals surface area contributed by atoms with Gasteiger partial charge in [-0.15, -0.1) is 0 Å². The molecule has 0 aromatic heterocycles. The second kappa shape index (κ2) is 6.36. The molecule has 2 rings (SSSR count). The van der Waals surface area contributed by atoms with Gasteiger partial charge in [0.25, 0.3) is 0 Å². The molecule has 0 unspecified atom stereocenters. The Bertz CT molecular complexity index is 462. The van der Waals surface area contributed by atoms with Crippen LogP contribution in [0.5, 0.6) is 5.75 Å². The zero-order chi connectivity index (χ0) is 13.7. The molecule has 0 heterocycles. The van der Waals surface area contributed by atoms with Gasteiger partial charge < -0.3 is 10.2 Å². The first-order valence-corrected chi connectivity index (χ1v) is 6.67. The number of carbonyl (C=O) groups is 1. The van der Waals surface area contributed by atoms with Crippen molar-refractivity contribution in [1.82, 2.24) is 0 Å². The molecule has 4 heteroatoms. The van der Waals surface area contributed by atoms with E-state index in [-0.39, 0.29) is 11.7 Å². The van der Waals surface area contributed by atoms with E-state index >= 15 is 0 Å². The maximum Gasteiger partial charge on any atom is 0.306 e. The molecular weight excluding hydrogens is 242 g/mol. The molecule has 0 saturated heterocycles. The molecule has 0 spiro atoms. The molecule has 1 aliphatic rings. The number of aliphatic imine (C=N–C) groups is 1. The summed E-state index contributed by atoms with van der Waals surface area (Å²) in [4.78, 5) is 15.2. The van der Waals surface area contributed by atoms with Gasteiger partial charge in [-0.1, -0.05) is 12.1 Å². The maximum atomic E-state index is 10.8. The van der Waals surface area contributed by atoms with Crippen LogP contribution in [0.1, 0.15) is 31.2 Å². The van der Waals surface area contributed by atoms with Crippen molar-refractivity contribution in [2.24, 2.45) is 16.8 Å². The Morgan fingerprint density at radius 3 is 2.58 bits per heavy atom. The number of benzene rings is 1. The molecule has 1 aromatic carbocycles. The first kappa shape index (κ1) is 13.6. The Morgan fingerprint density at radius 2 is 1.95 bits per heavy atom. The summed E-state index contributed by atoms with van der Waals surface area (Å²) in [7, 11) is 0. The summed E-state index contributed by atoms with van der Waals surface area (Å²) in [5.74, 6) is -0.131. The summed E-state index contributed by atoms with van der Waals surface area (Å²) in [5.41, 5.74) is 0.724. The predicted molar refractivity (Wildman–Crippen MR) is 73.7 cm³/mol. The van der Waals surface area contributed by atoms with Gasteiger partial charge in [0.15, 0.2) is 0 Å². The highest BCUT2D eigenvalue weighted by molar-refractivity contribution is 5.83. The van der Waals surface area contributed by atoms with E-state index in [0.717, 1.165) is 31.2 Å². The number of phenolic OH excluding ortho intramolecular Hbond substituents is 1. The van der Waals surface area contributed by atoms with Crippen LogP contribution < -0.4 is 0 Å². The van der Waals surface area contributed by atoms with Crippen LogP contribution >= 0.6 is 0 Å². The quantitative estimate of drug-likeness (QED) is 0.819. The number of rotatable bonds is 4. The lowest BCUT2D eigenvalue weighted by atomic mass is 9.82. The minimum atomic E-state index is -0.670. The van der Waals surface area contributed by atoms with E-state index < -0.39 is 5.97 Å². The second-order valence-corrected chi connectivity index (χ2v) is 5.11. The Kier molecular flexibility index (Phi) is 4.55. The van der Waals surface area contributed by atoms with Crippen molar-refractivity contribution >= 4 is 12.2 Å². The third kappa shape index (κ3) is 3.81. The third-order valence-corrected chi connectivity index (χ3v) is 3.73. The summed E-state index contributed by atoms with van der Waals surface area (Å²) in [6.45, 7) is 0.709. The lowest BCUT2D eigenvalue weighted by molar-refractivity contribution is -0.143. The Balaban J connectivity index is 1.81. The summed E-state index contributed by atoms with van der Waals surface area (Å²) < 4.78 is 0.